The minimum atomic E-state index is 0.825. The van der Waals surface area contributed by atoms with Crippen LogP contribution >= 0.6 is 15.9 Å². The Kier molecular flexibility index (Phi) is 3.00. The average Bonchev–Trinajstić information content (AvgIpc) is 3.12. The molecule has 3 aromatic heterocycles. The summed E-state index contributed by atoms with van der Waals surface area (Å²) in [6.45, 7) is 0.825. The Balaban J connectivity index is 1.90. The SMILES string of the molecule is Brc1ccc2nc3c4ccccc4n(Cc4ccccc4)c3n2c1. The minimum absolute atomic E-state index is 0.825. The van der Waals surface area contributed by atoms with E-state index in [0.29, 0.717) is 0 Å². The maximum absolute atomic E-state index is 4.87. The van der Waals surface area contributed by atoms with Crippen LogP contribution in [0.15, 0.2) is 77.4 Å². The molecular formula is C20H14BrN3. The summed E-state index contributed by atoms with van der Waals surface area (Å²) in [5.41, 5.74) is 5.66. The van der Waals surface area contributed by atoms with Gasteiger partial charge >= 0.3 is 0 Å². The van der Waals surface area contributed by atoms with Crippen molar-refractivity contribution in [1.29, 1.82) is 0 Å². The largest absolute Gasteiger partial charge is 0.321 e. The molecule has 3 heterocycles. The Labute approximate surface area is 147 Å². The summed E-state index contributed by atoms with van der Waals surface area (Å²) >= 11 is 3.58. The number of hydrogen-bond acceptors (Lipinski definition) is 1. The van der Waals surface area contributed by atoms with Gasteiger partial charge in [0.15, 0.2) is 0 Å². The zero-order chi connectivity index (χ0) is 16.1. The van der Waals surface area contributed by atoms with Crippen molar-refractivity contribution in [3.63, 3.8) is 0 Å². The standard InChI is InChI=1S/C20H14BrN3/c21-15-10-11-18-22-19-16-8-4-5-9-17(16)23(20(19)24(18)13-15)12-14-6-2-1-3-7-14/h1-11,13H,12H2. The highest BCUT2D eigenvalue weighted by atomic mass is 79.9. The van der Waals surface area contributed by atoms with E-state index in [9.17, 15) is 0 Å². The van der Waals surface area contributed by atoms with E-state index in [1.54, 1.807) is 0 Å². The van der Waals surface area contributed by atoms with Crippen LogP contribution in [0.1, 0.15) is 5.56 Å². The molecule has 0 N–H and O–H groups in total. The lowest BCUT2D eigenvalue weighted by molar-refractivity contribution is 0.850. The highest BCUT2D eigenvalue weighted by Crippen LogP contribution is 2.30. The van der Waals surface area contributed by atoms with Gasteiger partial charge < -0.3 is 4.57 Å². The van der Waals surface area contributed by atoms with Crippen molar-refractivity contribution >= 4 is 43.6 Å². The molecule has 24 heavy (non-hydrogen) atoms. The molecule has 4 heteroatoms. The molecule has 5 aromatic rings. The second kappa shape index (κ2) is 5.21. The molecule has 5 rings (SSSR count). The van der Waals surface area contributed by atoms with E-state index in [1.165, 1.54) is 16.5 Å². The number of fused-ring (bicyclic) bond motifs is 5. The fourth-order valence-corrected chi connectivity index (χ4v) is 3.73. The molecule has 0 saturated carbocycles. The molecular weight excluding hydrogens is 362 g/mol. The predicted molar refractivity (Wildman–Crippen MR) is 101 cm³/mol. The number of para-hydroxylation sites is 1. The summed E-state index contributed by atoms with van der Waals surface area (Å²) in [7, 11) is 0. The van der Waals surface area contributed by atoms with Gasteiger partial charge in [0.25, 0.3) is 0 Å². The minimum Gasteiger partial charge on any atom is -0.321 e. The molecule has 0 spiro atoms. The van der Waals surface area contributed by atoms with Crippen molar-refractivity contribution in [1.82, 2.24) is 14.0 Å². The van der Waals surface area contributed by atoms with Crippen LogP contribution in [0.4, 0.5) is 0 Å². The third-order valence-corrected chi connectivity index (χ3v) is 4.92. The fraction of sp³-hybridized carbons (Fsp3) is 0.0500. The first kappa shape index (κ1) is 13.8. The number of rotatable bonds is 2. The number of hydrogen-bond donors (Lipinski definition) is 0. The highest BCUT2D eigenvalue weighted by molar-refractivity contribution is 9.10. The number of imidazole rings is 1. The van der Waals surface area contributed by atoms with E-state index < -0.39 is 0 Å². The first-order valence-electron chi connectivity index (χ1n) is 7.90. The Bertz CT molecular complexity index is 1190. The predicted octanol–water partition coefficient (Wildman–Crippen LogP) is 5.25. The Morgan fingerprint density at radius 3 is 2.54 bits per heavy atom. The summed E-state index contributed by atoms with van der Waals surface area (Å²) < 4.78 is 5.57. The van der Waals surface area contributed by atoms with Crippen LogP contribution in [0.5, 0.6) is 0 Å². The van der Waals surface area contributed by atoms with Crippen molar-refractivity contribution in [3.05, 3.63) is 83.0 Å². The van der Waals surface area contributed by atoms with Gasteiger partial charge in [-0.15, -0.1) is 0 Å². The maximum atomic E-state index is 4.87. The van der Waals surface area contributed by atoms with E-state index >= 15 is 0 Å². The van der Waals surface area contributed by atoms with Crippen LogP contribution in [0, 0.1) is 0 Å². The Morgan fingerprint density at radius 2 is 1.67 bits per heavy atom. The van der Waals surface area contributed by atoms with Crippen molar-refractivity contribution < 1.29 is 0 Å². The number of halogens is 1. The third kappa shape index (κ3) is 2.00. The molecule has 0 bridgehead atoms. The highest BCUT2D eigenvalue weighted by Gasteiger charge is 2.16. The summed E-state index contributed by atoms with van der Waals surface area (Å²) in [4.78, 5) is 4.87. The summed E-state index contributed by atoms with van der Waals surface area (Å²) in [6, 6.07) is 23.1. The van der Waals surface area contributed by atoms with E-state index in [4.69, 9.17) is 4.98 Å². The van der Waals surface area contributed by atoms with Gasteiger partial charge in [-0.3, -0.25) is 4.40 Å². The van der Waals surface area contributed by atoms with E-state index in [1.807, 2.05) is 12.1 Å². The first-order chi connectivity index (χ1) is 11.8. The molecule has 0 aliphatic heterocycles. The zero-order valence-electron chi connectivity index (χ0n) is 12.9. The van der Waals surface area contributed by atoms with Crippen LogP contribution in [0.3, 0.4) is 0 Å². The molecule has 0 aliphatic rings. The van der Waals surface area contributed by atoms with E-state index in [2.05, 4.69) is 85.7 Å². The number of benzene rings is 2. The molecule has 0 unspecified atom stereocenters. The molecule has 0 radical (unpaired) electrons. The van der Waals surface area contributed by atoms with Crippen LogP contribution in [0.25, 0.3) is 27.7 Å². The first-order valence-corrected chi connectivity index (χ1v) is 8.69. The Hall–Kier alpha value is -2.59. The summed E-state index contributed by atoms with van der Waals surface area (Å²) in [6.07, 6.45) is 2.09. The smallest absolute Gasteiger partial charge is 0.146 e. The lowest BCUT2D eigenvalue weighted by Crippen LogP contribution is -2.01. The molecule has 0 saturated heterocycles. The fourth-order valence-electron chi connectivity index (χ4n) is 3.39. The lowest BCUT2D eigenvalue weighted by atomic mass is 10.2. The van der Waals surface area contributed by atoms with Crippen LogP contribution < -0.4 is 0 Å². The zero-order valence-corrected chi connectivity index (χ0v) is 14.4. The van der Waals surface area contributed by atoms with Gasteiger partial charge in [-0.1, -0.05) is 48.5 Å². The molecule has 0 fully saturated rings. The van der Waals surface area contributed by atoms with Gasteiger partial charge in [0.05, 0.1) is 5.52 Å². The lowest BCUT2D eigenvalue weighted by Gasteiger charge is -2.08. The van der Waals surface area contributed by atoms with Crippen molar-refractivity contribution in [3.8, 4) is 0 Å². The van der Waals surface area contributed by atoms with Crippen LogP contribution in [0.2, 0.25) is 0 Å². The number of nitrogens with zero attached hydrogens (tertiary/aromatic N) is 3. The molecule has 0 aliphatic carbocycles. The second-order valence-corrected chi connectivity index (χ2v) is 6.86. The summed E-state index contributed by atoms with van der Waals surface area (Å²) in [5, 5.41) is 1.20. The van der Waals surface area contributed by atoms with Gasteiger partial charge in [-0.2, -0.15) is 0 Å². The molecule has 0 amide bonds. The second-order valence-electron chi connectivity index (χ2n) is 5.95. The topological polar surface area (TPSA) is 22.2 Å². The van der Waals surface area contributed by atoms with Crippen molar-refractivity contribution in [2.45, 2.75) is 6.54 Å². The van der Waals surface area contributed by atoms with Gasteiger partial charge in [-0.25, -0.2) is 4.98 Å². The van der Waals surface area contributed by atoms with E-state index in [0.717, 1.165) is 27.8 Å². The maximum Gasteiger partial charge on any atom is 0.146 e. The monoisotopic (exact) mass is 375 g/mol. The summed E-state index contributed by atoms with van der Waals surface area (Å²) in [5.74, 6) is 0. The average molecular weight is 376 g/mol. The van der Waals surface area contributed by atoms with Gasteiger partial charge in [-0.05, 0) is 39.7 Å². The number of pyridine rings is 1. The van der Waals surface area contributed by atoms with Crippen LogP contribution in [-0.4, -0.2) is 14.0 Å². The number of aromatic nitrogens is 3. The van der Waals surface area contributed by atoms with Crippen molar-refractivity contribution in [2.75, 3.05) is 0 Å². The molecule has 2 aromatic carbocycles. The Morgan fingerprint density at radius 1 is 0.875 bits per heavy atom. The molecule has 116 valence electrons. The normalized spacial score (nSPS) is 11.7. The van der Waals surface area contributed by atoms with Gasteiger partial charge in [0, 0.05) is 22.6 Å². The molecule has 3 nitrogen and oxygen atoms in total. The van der Waals surface area contributed by atoms with Crippen LogP contribution in [-0.2, 0) is 6.54 Å². The quantitative estimate of drug-likeness (QED) is 0.412. The third-order valence-electron chi connectivity index (χ3n) is 4.45. The van der Waals surface area contributed by atoms with Gasteiger partial charge in [0.2, 0.25) is 0 Å². The van der Waals surface area contributed by atoms with Crippen molar-refractivity contribution in [2.24, 2.45) is 0 Å². The molecule has 0 atom stereocenters. The van der Waals surface area contributed by atoms with E-state index in [-0.39, 0.29) is 0 Å². The van der Waals surface area contributed by atoms with Gasteiger partial charge in [0.1, 0.15) is 16.8 Å².